The quantitative estimate of drug-likeness (QED) is 0.728. The molecule has 0 aliphatic carbocycles. The predicted molar refractivity (Wildman–Crippen MR) is 66.0 cm³/mol. The molecule has 16 heavy (non-hydrogen) atoms. The maximum atomic E-state index is 11.5. The first-order valence-electron chi connectivity index (χ1n) is 5.16. The molecule has 1 aromatic rings. The average molecular weight is 263 g/mol. The summed E-state index contributed by atoms with van der Waals surface area (Å²) in [5, 5.41) is 10.5. The summed E-state index contributed by atoms with van der Waals surface area (Å²) in [6.45, 7) is 2.37. The normalized spacial score (nSPS) is 11.9. The van der Waals surface area contributed by atoms with Gasteiger partial charge in [-0.05, 0) is 36.8 Å². The minimum atomic E-state index is -3.20. The molecule has 0 aliphatic rings. The number of sulfonamides is 1. The van der Waals surface area contributed by atoms with E-state index in [4.69, 9.17) is 5.11 Å². The Morgan fingerprint density at radius 3 is 2.75 bits per heavy atom. The third-order valence-corrected chi connectivity index (χ3v) is 4.68. The molecular weight excluding hydrogens is 246 g/mol. The summed E-state index contributed by atoms with van der Waals surface area (Å²) in [6.07, 6.45) is 1.02. The first-order chi connectivity index (χ1) is 7.55. The number of thiophene rings is 1. The zero-order valence-electron chi connectivity index (χ0n) is 9.27. The molecule has 1 aromatic heterocycles. The van der Waals surface area contributed by atoms with Gasteiger partial charge >= 0.3 is 0 Å². The Balaban J connectivity index is 2.39. The molecule has 0 fully saturated rings. The number of rotatable bonds is 7. The van der Waals surface area contributed by atoms with Crippen LogP contribution < -0.4 is 4.72 Å². The molecule has 0 aromatic carbocycles. The molecule has 0 aliphatic heterocycles. The van der Waals surface area contributed by atoms with Gasteiger partial charge in [0.2, 0.25) is 10.0 Å². The van der Waals surface area contributed by atoms with E-state index in [-0.39, 0.29) is 12.4 Å². The van der Waals surface area contributed by atoms with E-state index in [1.54, 1.807) is 11.3 Å². The predicted octanol–water partition coefficient (Wildman–Crippen LogP) is 1.25. The number of aliphatic hydroxyl groups is 1. The van der Waals surface area contributed by atoms with Gasteiger partial charge in [0.05, 0.1) is 5.75 Å². The van der Waals surface area contributed by atoms with E-state index in [1.165, 1.54) is 0 Å². The van der Waals surface area contributed by atoms with Crippen molar-refractivity contribution in [3.8, 4) is 0 Å². The Kier molecular flexibility index (Phi) is 5.40. The summed E-state index contributed by atoms with van der Waals surface area (Å²) in [5.74, 6) is 0.0813. The lowest BCUT2D eigenvalue weighted by atomic mass is 10.3. The fourth-order valence-corrected chi connectivity index (χ4v) is 3.27. The Morgan fingerprint density at radius 2 is 2.19 bits per heavy atom. The number of aryl methyl sites for hydroxylation is 1. The molecule has 0 bridgehead atoms. The fourth-order valence-electron chi connectivity index (χ4n) is 1.24. The van der Waals surface area contributed by atoms with Gasteiger partial charge in [-0.2, -0.15) is 0 Å². The molecule has 0 atom stereocenters. The molecule has 0 radical (unpaired) electrons. The average Bonchev–Trinajstić information content (AvgIpc) is 2.62. The van der Waals surface area contributed by atoms with Crippen LogP contribution in [0.2, 0.25) is 0 Å². The summed E-state index contributed by atoms with van der Waals surface area (Å²) in [7, 11) is -3.20. The smallest absolute Gasteiger partial charge is 0.211 e. The Hall–Kier alpha value is -0.430. The number of aliphatic hydroxyl groups excluding tert-OH is 1. The largest absolute Gasteiger partial charge is 0.396 e. The number of nitrogens with one attached hydrogen (secondary N) is 1. The Labute approximate surface area is 100 Å². The zero-order valence-corrected chi connectivity index (χ0v) is 10.9. The molecule has 0 unspecified atom stereocenters. The van der Waals surface area contributed by atoms with E-state index in [0.29, 0.717) is 19.4 Å². The second kappa shape index (κ2) is 6.34. The van der Waals surface area contributed by atoms with Crippen LogP contribution in [0.1, 0.15) is 23.3 Å². The Morgan fingerprint density at radius 1 is 1.44 bits per heavy atom. The molecule has 4 nitrogen and oxygen atoms in total. The van der Waals surface area contributed by atoms with Gasteiger partial charge in [-0.25, -0.2) is 13.1 Å². The summed E-state index contributed by atoms with van der Waals surface area (Å²) in [6, 6.07) is 1.97. The van der Waals surface area contributed by atoms with Crippen molar-refractivity contribution >= 4 is 21.4 Å². The molecule has 2 N–H and O–H groups in total. The van der Waals surface area contributed by atoms with Crippen LogP contribution in [0.15, 0.2) is 11.4 Å². The maximum absolute atomic E-state index is 11.5. The van der Waals surface area contributed by atoms with Gasteiger partial charge in [0.15, 0.2) is 0 Å². The van der Waals surface area contributed by atoms with E-state index < -0.39 is 10.0 Å². The fraction of sp³-hybridized carbons (Fsp3) is 0.600. The van der Waals surface area contributed by atoms with Gasteiger partial charge in [-0.15, -0.1) is 11.3 Å². The van der Waals surface area contributed by atoms with E-state index in [2.05, 4.69) is 4.72 Å². The molecule has 1 rings (SSSR count). The third-order valence-electron chi connectivity index (χ3n) is 2.24. The van der Waals surface area contributed by atoms with Crippen molar-refractivity contribution in [2.45, 2.75) is 26.3 Å². The van der Waals surface area contributed by atoms with Crippen molar-refractivity contribution in [3.05, 3.63) is 21.9 Å². The van der Waals surface area contributed by atoms with Crippen molar-refractivity contribution in [2.24, 2.45) is 0 Å². The maximum Gasteiger partial charge on any atom is 0.211 e. The van der Waals surface area contributed by atoms with Crippen molar-refractivity contribution in [1.29, 1.82) is 0 Å². The molecule has 6 heteroatoms. The highest BCUT2D eigenvalue weighted by Crippen LogP contribution is 2.15. The second-order valence-corrected chi connectivity index (χ2v) is 6.52. The van der Waals surface area contributed by atoms with Crippen molar-refractivity contribution in [3.63, 3.8) is 0 Å². The first-order valence-corrected chi connectivity index (χ1v) is 7.69. The van der Waals surface area contributed by atoms with E-state index in [0.717, 1.165) is 10.4 Å². The van der Waals surface area contributed by atoms with Crippen molar-refractivity contribution in [2.75, 3.05) is 12.4 Å². The summed E-state index contributed by atoms with van der Waals surface area (Å²) in [4.78, 5) is 1.05. The minimum Gasteiger partial charge on any atom is -0.396 e. The lowest BCUT2D eigenvalue weighted by molar-refractivity contribution is 0.287. The molecule has 1 heterocycles. The SMILES string of the molecule is Cc1ccsc1CNS(=O)(=O)CCCCO. The van der Waals surface area contributed by atoms with Crippen LogP contribution in [0.4, 0.5) is 0 Å². The van der Waals surface area contributed by atoms with Gasteiger partial charge in [0.25, 0.3) is 0 Å². The van der Waals surface area contributed by atoms with Crippen LogP contribution in [-0.2, 0) is 16.6 Å². The van der Waals surface area contributed by atoms with Gasteiger partial charge in [-0.3, -0.25) is 0 Å². The monoisotopic (exact) mass is 263 g/mol. The van der Waals surface area contributed by atoms with Crippen LogP contribution >= 0.6 is 11.3 Å². The molecule has 0 saturated heterocycles. The molecule has 0 amide bonds. The van der Waals surface area contributed by atoms with Gasteiger partial charge < -0.3 is 5.11 Å². The lowest BCUT2D eigenvalue weighted by Crippen LogP contribution is -2.25. The summed E-state index contributed by atoms with van der Waals surface area (Å²) < 4.78 is 25.6. The third kappa shape index (κ3) is 4.61. The van der Waals surface area contributed by atoms with Crippen LogP contribution in [0.25, 0.3) is 0 Å². The van der Waals surface area contributed by atoms with E-state index >= 15 is 0 Å². The van der Waals surface area contributed by atoms with Gasteiger partial charge in [-0.1, -0.05) is 0 Å². The molecule has 0 spiro atoms. The van der Waals surface area contributed by atoms with Gasteiger partial charge in [0, 0.05) is 18.0 Å². The highest BCUT2D eigenvalue weighted by Gasteiger charge is 2.10. The van der Waals surface area contributed by atoms with Crippen molar-refractivity contribution < 1.29 is 13.5 Å². The highest BCUT2D eigenvalue weighted by molar-refractivity contribution is 7.89. The molecule has 0 saturated carbocycles. The number of hydrogen-bond donors (Lipinski definition) is 2. The van der Waals surface area contributed by atoms with Crippen LogP contribution in [0, 0.1) is 6.92 Å². The van der Waals surface area contributed by atoms with Crippen LogP contribution in [-0.4, -0.2) is 25.9 Å². The summed E-state index contributed by atoms with van der Waals surface area (Å²) >= 11 is 1.55. The van der Waals surface area contributed by atoms with E-state index in [1.807, 2.05) is 18.4 Å². The summed E-state index contributed by atoms with van der Waals surface area (Å²) in [5.41, 5.74) is 1.11. The Bertz CT molecular complexity index is 411. The zero-order chi connectivity index (χ0) is 12.0. The second-order valence-electron chi connectivity index (χ2n) is 3.60. The van der Waals surface area contributed by atoms with Gasteiger partial charge in [0.1, 0.15) is 0 Å². The van der Waals surface area contributed by atoms with Crippen LogP contribution in [0.3, 0.4) is 0 Å². The van der Waals surface area contributed by atoms with E-state index in [9.17, 15) is 8.42 Å². The standard InChI is InChI=1S/C10H17NO3S2/c1-9-4-6-15-10(9)8-11-16(13,14)7-3-2-5-12/h4,6,11-12H,2-3,5,7-8H2,1H3. The van der Waals surface area contributed by atoms with Crippen molar-refractivity contribution in [1.82, 2.24) is 4.72 Å². The first kappa shape index (κ1) is 13.6. The number of hydrogen-bond acceptors (Lipinski definition) is 4. The lowest BCUT2D eigenvalue weighted by Gasteiger charge is -2.05. The van der Waals surface area contributed by atoms with Crippen LogP contribution in [0.5, 0.6) is 0 Å². The topological polar surface area (TPSA) is 66.4 Å². The minimum absolute atomic E-state index is 0.0412. The number of unbranched alkanes of at least 4 members (excludes halogenated alkanes) is 1. The molecule has 92 valence electrons. The molecular formula is C10H17NO3S2. The highest BCUT2D eigenvalue weighted by atomic mass is 32.2.